The molecule has 0 atom stereocenters. The first-order valence-electron chi connectivity index (χ1n) is 10.2. The molecule has 0 fully saturated rings. The number of hydrogen-bond donors (Lipinski definition) is 3. The SMILES string of the molecule is CC(C)(NC(=O)OCC1c2ccccc2-c2ccccc21)C(C)(C)C(=O)NCC(=O)O. The monoisotopic (exact) mass is 424 g/mol. The van der Waals surface area contributed by atoms with E-state index >= 15 is 0 Å². The number of fused-ring (bicyclic) bond motifs is 3. The van der Waals surface area contributed by atoms with E-state index in [0.29, 0.717) is 0 Å². The number of hydrogen-bond acceptors (Lipinski definition) is 4. The van der Waals surface area contributed by atoms with Gasteiger partial charge in [0.15, 0.2) is 0 Å². The van der Waals surface area contributed by atoms with Crippen LogP contribution in [0.1, 0.15) is 44.7 Å². The predicted molar refractivity (Wildman–Crippen MR) is 117 cm³/mol. The fourth-order valence-corrected chi connectivity index (χ4v) is 3.71. The second kappa shape index (κ2) is 8.41. The molecule has 0 saturated carbocycles. The average Bonchev–Trinajstić information content (AvgIpc) is 3.03. The first-order valence-corrected chi connectivity index (χ1v) is 10.2. The Morgan fingerprint density at radius 2 is 1.45 bits per heavy atom. The summed E-state index contributed by atoms with van der Waals surface area (Å²) in [6.07, 6.45) is -0.633. The van der Waals surface area contributed by atoms with Gasteiger partial charge in [0, 0.05) is 5.92 Å². The van der Waals surface area contributed by atoms with Gasteiger partial charge in [0.05, 0.1) is 11.0 Å². The van der Waals surface area contributed by atoms with Gasteiger partial charge in [-0.15, -0.1) is 0 Å². The van der Waals surface area contributed by atoms with Crippen LogP contribution in [0.3, 0.4) is 0 Å². The van der Waals surface area contributed by atoms with E-state index in [9.17, 15) is 14.4 Å². The number of carboxylic acids is 1. The number of aliphatic carboxylic acids is 1. The molecule has 0 unspecified atom stereocenters. The van der Waals surface area contributed by atoms with Gasteiger partial charge < -0.3 is 20.5 Å². The van der Waals surface area contributed by atoms with Crippen LogP contribution in [0, 0.1) is 5.41 Å². The molecule has 0 aliphatic heterocycles. The van der Waals surface area contributed by atoms with E-state index in [2.05, 4.69) is 22.8 Å². The molecule has 0 radical (unpaired) electrons. The molecule has 3 rings (SSSR count). The van der Waals surface area contributed by atoms with Gasteiger partial charge in [0.25, 0.3) is 0 Å². The summed E-state index contributed by atoms with van der Waals surface area (Å²) in [5, 5.41) is 13.9. The number of benzene rings is 2. The van der Waals surface area contributed by atoms with E-state index in [1.54, 1.807) is 27.7 Å². The Kier molecular flexibility index (Phi) is 6.06. The van der Waals surface area contributed by atoms with Crippen molar-refractivity contribution in [3.8, 4) is 11.1 Å². The summed E-state index contributed by atoms with van der Waals surface area (Å²) >= 11 is 0. The second-order valence-corrected chi connectivity index (χ2v) is 8.78. The molecule has 2 aromatic rings. The number of carbonyl (C=O) groups excluding carboxylic acids is 2. The van der Waals surface area contributed by atoms with Crippen LogP contribution >= 0.6 is 0 Å². The van der Waals surface area contributed by atoms with Crippen LogP contribution in [0.25, 0.3) is 11.1 Å². The molecule has 164 valence electrons. The van der Waals surface area contributed by atoms with Gasteiger partial charge in [0.1, 0.15) is 13.2 Å². The maximum absolute atomic E-state index is 12.6. The van der Waals surface area contributed by atoms with E-state index in [1.165, 1.54) is 0 Å². The number of amides is 2. The molecule has 0 heterocycles. The van der Waals surface area contributed by atoms with Gasteiger partial charge in [-0.25, -0.2) is 4.79 Å². The Morgan fingerprint density at radius 1 is 0.935 bits per heavy atom. The van der Waals surface area contributed by atoms with E-state index in [0.717, 1.165) is 22.3 Å². The lowest BCUT2D eigenvalue weighted by Crippen LogP contribution is -2.60. The summed E-state index contributed by atoms with van der Waals surface area (Å²) in [7, 11) is 0. The molecule has 3 N–H and O–H groups in total. The van der Waals surface area contributed by atoms with Crippen molar-refractivity contribution >= 4 is 18.0 Å². The number of rotatable bonds is 7. The molecular weight excluding hydrogens is 396 g/mol. The van der Waals surface area contributed by atoms with Gasteiger partial charge in [0.2, 0.25) is 5.91 Å². The maximum atomic E-state index is 12.6. The number of alkyl carbamates (subject to hydrolysis) is 1. The fourth-order valence-electron chi connectivity index (χ4n) is 3.71. The van der Waals surface area contributed by atoms with E-state index in [4.69, 9.17) is 9.84 Å². The van der Waals surface area contributed by atoms with Crippen molar-refractivity contribution in [2.45, 2.75) is 39.2 Å². The third-order valence-corrected chi connectivity index (χ3v) is 6.29. The summed E-state index contributed by atoms with van der Waals surface area (Å²) in [6.45, 7) is 6.39. The number of nitrogens with one attached hydrogen (secondary N) is 2. The highest BCUT2D eigenvalue weighted by atomic mass is 16.5. The highest BCUT2D eigenvalue weighted by Gasteiger charge is 2.44. The molecule has 31 heavy (non-hydrogen) atoms. The predicted octanol–water partition coefficient (Wildman–Crippen LogP) is 3.53. The van der Waals surface area contributed by atoms with Gasteiger partial charge in [-0.2, -0.15) is 0 Å². The van der Waals surface area contributed by atoms with Crippen LogP contribution in [-0.2, 0) is 14.3 Å². The zero-order valence-electron chi connectivity index (χ0n) is 18.2. The van der Waals surface area contributed by atoms with Gasteiger partial charge in [-0.3, -0.25) is 9.59 Å². The van der Waals surface area contributed by atoms with Crippen LogP contribution in [0.15, 0.2) is 48.5 Å². The minimum Gasteiger partial charge on any atom is -0.480 e. The summed E-state index contributed by atoms with van der Waals surface area (Å²) in [6, 6.07) is 16.1. The molecule has 7 nitrogen and oxygen atoms in total. The maximum Gasteiger partial charge on any atom is 0.407 e. The van der Waals surface area contributed by atoms with Gasteiger partial charge in [-0.1, -0.05) is 48.5 Å². The smallest absolute Gasteiger partial charge is 0.407 e. The van der Waals surface area contributed by atoms with Gasteiger partial charge >= 0.3 is 12.1 Å². The highest BCUT2D eigenvalue weighted by molar-refractivity contribution is 5.87. The summed E-state index contributed by atoms with van der Waals surface area (Å²) in [5.74, 6) is -1.67. The Balaban J connectivity index is 1.67. The summed E-state index contributed by atoms with van der Waals surface area (Å²) in [5.41, 5.74) is 2.45. The summed E-state index contributed by atoms with van der Waals surface area (Å²) < 4.78 is 5.57. The Morgan fingerprint density at radius 3 is 1.97 bits per heavy atom. The molecule has 1 aliphatic carbocycles. The molecule has 2 aromatic carbocycles. The Bertz CT molecular complexity index is 967. The molecule has 2 amide bonds. The number of ether oxygens (including phenoxy) is 1. The number of carbonyl (C=O) groups is 3. The molecule has 0 aromatic heterocycles. The fraction of sp³-hybridized carbons (Fsp3) is 0.375. The minimum absolute atomic E-state index is 0.0619. The van der Waals surface area contributed by atoms with Crippen LogP contribution in [0.2, 0.25) is 0 Å². The van der Waals surface area contributed by atoms with Crippen molar-refractivity contribution in [3.63, 3.8) is 0 Å². The van der Waals surface area contributed by atoms with Crippen molar-refractivity contribution in [1.82, 2.24) is 10.6 Å². The Labute approximate surface area is 181 Å². The lowest BCUT2D eigenvalue weighted by molar-refractivity contribution is -0.140. The van der Waals surface area contributed by atoms with Crippen LogP contribution in [-0.4, -0.2) is 41.8 Å². The van der Waals surface area contributed by atoms with Crippen molar-refractivity contribution in [2.75, 3.05) is 13.2 Å². The molecule has 7 heteroatoms. The molecular formula is C24H28N2O5. The average molecular weight is 424 g/mol. The quantitative estimate of drug-likeness (QED) is 0.631. The minimum atomic E-state index is -1.13. The molecule has 0 bridgehead atoms. The van der Waals surface area contributed by atoms with Crippen molar-refractivity contribution in [1.29, 1.82) is 0 Å². The van der Waals surface area contributed by atoms with E-state index in [1.807, 2.05) is 36.4 Å². The standard InChI is InChI=1S/C24H28N2O5/c1-23(2,21(29)25-13-20(27)28)24(3,4)26-22(30)31-14-19-17-11-7-5-9-15(17)16-10-6-8-12-18(16)19/h5-12,19H,13-14H2,1-4H3,(H,25,29)(H,26,30)(H,27,28). The van der Waals surface area contributed by atoms with E-state index < -0.39 is 35.5 Å². The van der Waals surface area contributed by atoms with Gasteiger partial charge in [-0.05, 0) is 49.9 Å². The van der Waals surface area contributed by atoms with E-state index in [-0.39, 0.29) is 12.5 Å². The molecule has 0 saturated heterocycles. The zero-order chi connectivity index (χ0) is 22.8. The van der Waals surface area contributed by atoms with Crippen molar-refractivity contribution in [3.05, 3.63) is 59.7 Å². The first kappa shape index (κ1) is 22.3. The first-order chi connectivity index (χ1) is 14.5. The largest absolute Gasteiger partial charge is 0.480 e. The topological polar surface area (TPSA) is 105 Å². The third kappa shape index (κ3) is 4.40. The highest BCUT2D eigenvalue weighted by Crippen LogP contribution is 2.44. The third-order valence-electron chi connectivity index (χ3n) is 6.29. The summed E-state index contributed by atoms with van der Waals surface area (Å²) in [4.78, 5) is 35.8. The normalized spacial score (nSPS) is 13.2. The lowest BCUT2D eigenvalue weighted by Gasteiger charge is -2.40. The molecule has 1 aliphatic rings. The Hall–Kier alpha value is -3.35. The lowest BCUT2D eigenvalue weighted by atomic mass is 9.73. The second-order valence-electron chi connectivity index (χ2n) is 8.78. The van der Waals surface area contributed by atoms with Crippen LogP contribution in [0.4, 0.5) is 4.79 Å². The number of carboxylic acid groups (broad SMARTS) is 1. The van der Waals surface area contributed by atoms with Crippen molar-refractivity contribution in [2.24, 2.45) is 5.41 Å². The van der Waals surface area contributed by atoms with Crippen LogP contribution < -0.4 is 10.6 Å². The zero-order valence-corrected chi connectivity index (χ0v) is 18.2. The van der Waals surface area contributed by atoms with Crippen LogP contribution in [0.5, 0.6) is 0 Å². The van der Waals surface area contributed by atoms with Crippen molar-refractivity contribution < 1.29 is 24.2 Å². The molecule has 0 spiro atoms.